The van der Waals surface area contributed by atoms with E-state index in [1.807, 2.05) is 4.90 Å². The molecule has 2 heterocycles. The van der Waals surface area contributed by atoms with Crippen LogP contribution in [0.4, 0.5) is 33.7 Å². The van der Waals surface area contributed by atoms with Crippen LogP contribution in [0.2, 0.25) is 0 Å². The molecule has 2 aliphatic rings. The predicted molar refractivity (Wildman–Crippen MR) is 130 cm³/mol. The van der Waals surface area contributed by atoms with Crippen molar-refractivity contribution in [3.63, 3.8) is 0 Å². The fourth-order valence-corrected chi connectivity index (χ4v) is 4.87. The minimum Gasteiger partial charge on any atom is -0.454 e. The maximum atomic E-state index is 14.5. The Bertz CT molecular complexity index is 1220. The Morgan fingerprint density at radius 3 is 2.42 bits per heavy atom. The summed E-state index contributed by atoms with van der Waals surface area (Å²) in [5, 5.41) is 14.7. The smallest absolute Gasteiger partial charge is 0.422 e. The lowest BCUT2D eigenvalue weighted by Crippen LogP contribution is -2.57. The largest absolute Gasteiger partial charge is 0.454 e. The van der Waals surface area contributed by atoms with Crippen molar-refractivity contribution in [3.8, 4) is 11.5 Å². The first-order valence-corrected chi connectivity index (χ1v) is 12.0. The van der Waals surface area contributed by atoms with Gasteiger partial charge >= 0.3 is 12.3 Å². The monoisotopic (exact) mass is 540 g/mol. The van der Waals surface area contributed by atoms with Gasteiger partial charge in [-0.2, -0.15) is 13.2 Å². The summed E-state index contributed by atoms with van der Waals surface area (Å²) in [5.41, 5.74) is -3.50. The Hall–Kier alpha value is -3.61. The van der Waals surface area contributed by atoms with Crippen LogP contribution < -0.4 is 15.0 Å². The zero-order chi connectivity index (χ0) is 27.8. The highest BCUT2D eigenvalue weighted by Crippen LogP contribution is 2.49. The number of ether oxygens (including phenoxy) is 2. The van der Waals surface area contributed by atoms with E-state index in [0.29, 0.717) is 19.5 Å². The van der Waals surface area contributed by atoms with Crippen LogP contribution in [0, 0.1) is 15.9 Å². The zero-order valence-corrected chi connectivity index (χ0v) is 21.0. The van der Waals surface area contributed by atoms with Gasteiger partial charge in [0.1, 0.15) is 22.6 Å². The van der Waals surface area contributed by atoms with E-state index in [0.717, 1.165) is 18.2 Å². The molecule has 0 spiro atoms. The number of carbonyl (C=O) groups is 1. The molecule has 4 rings (SSSR count). The van der Waals surface area contributed by atoms with Crippen LogP contribution >= 0.6 is 0 Å². The molecule has 38 heavy (non-hydrogen) atoms. The van der Waals surface area contributed by atoms with Crippen LogP contribution in [0.15, 0.2) is 36.4 Å². The molecule has 0 aliphatic carbocycles. The summed E-state index contributed by atoms with van der Waals surface area (Å²) in [4.78, 5) is 26.7. The Morgan fingerprint density at radius 1 is 1.08 bits per heavy atom. The van der Waals surface area contributed by atoms with E-state index < -0.39 is 69.1 Å². The van der Waals surface area contributed by atoms with Crippen LogP contribution in [-0.2, 0) is 10.9 Å². The lowest BCUT2D eigenvalue weighted by molar-refractivity contribution is -0.384. The summed E-state index contributed by atoms with van der Waals surface area (Å²) in [6.07, 6.45) is -5.16. The minimum atomic E-state index is -5.05. The number of anilines is 1. The van der Waals surface area contributed by atoms with E-state index in [2.05, 4.69) is 5.32 Å². The normalized spacial score (nSPS) is 20.1. The summed E-state index contributed by atoms with van der Waals surface area (Å²) in [6.45, 7) is 6.11. The number of piperazine rings is 1. The van der Waals surface area contributed by atoms with Crippen LogP contribution in [0.1, 0.15) is 32.8 Å². The van der Waals surface area contributed by atoms with Gasteiger partial charge in [0.05, 0.1) is 11.0 Å². The van der Waals surface area contributed by atoms with Crippen molar-refractivity contribution in [2.24, 2.45) is 0 Å². The number of halogens is 4. The number of carbonyl (C=O) groups excluding carboxylic acids is 1. The zero-order valence-electron chi connectivity index (χ0n) is 21.0. The highest BCUT2D eigenvalue weighted by Gasteiger charge is 2.46. The number of fused-ring (bicyclic) bond motifs is 1. The number of amides is 1. The van der Waals surface area contributed by atoms with E-state index in [9.17, 15) is 32.5 Å². The van der Waals surface area contributed by atoms with Gasteiger partial charge in [0.2, 0.25) is 0 Å². The van der Waals surface area contributed by atoms with Crippen molar-refractivity contribution >= 4 is 17.5 Å². The van der Waals surface area contributed by atoms with Crippen molar-refractivity contribution in [2.45, 2.75) is 51.1 Å². The molecule has 1 N–H and O–H groups in total. The number of nitrogens with zero attached hydrogens (tertiary/aromatic N) is 3. The average molecular weight is 541 g/mol. The maximum absolute atomic E-state index is 14.5. The Morgan fingerprint density at radius 2 is 1.79 bits per heavy atom. The molecule has 2 aromatic carbocycles. The molecule has 0 unspecified atom stereocenters. The molecular formula is C25H28F4N4O5. The second kappa shape index (κ2) is 10.3. The SMILES string of the molecule is CC(C)(C)OC(=O)N[C@@H]1CCN2CCN(c3c([N+](=O)[O-])ccc(Oc4ccccc4F)c3C(F)(F)F)C[C@@H]12. The summed E-state index contributed by atoms with van der Waals surface area (Å²) in [5.74, 6) is -2.07. The minimum absolute atomic E-state index is 0.0203. The molecule has 9 nitrogen and oxygen atoms in total. The number of nitro benzene ring substituents is 1. The second-order valence-corrected chi connectivity index (χ2v) is 10.2. The molecule has 1 amide bonds. The molecule has 2 aliphatic heterocycles. The standard InChI is InChI=1S/C25H28F4N4O5/c1-24(2,3)38-23(34)30-16-10-11-31-12-13-32(14-18(16)31)22-17(33(35)36)8-9-20(21(22)25(27,28)29)37-19-7-5-4-6-15(19)26/h4-9,16,18H,10-14H2,1-3H3,(H,30,34)/t16-,18+/m1/s1. The summed E-state index contributed by atoms with van der Waals surface area (Å²) in [6, 6.07) is 5.87. The average Bonchev–Trinajstić information content (AvgIpc) is 3.19. The number of para-hydroxylation sites is 1. The van der Waals surface area contributed by atoms with Gasteiger partial charge in [0.25, 0.3) is 5.69 Å². The number of hydrogen-bond acceptors (Lipinski definition) is 7. The number of nitro groups is 1. The van der Waals surface area contributed by atoms with Gasteiger partial charge in [-0.25, -0.2) is 9.18 Å². The van der Waals surface area contributed by atoms with Crippen molar-refractivity contribution in [1.82, 2.24) is 10.2 Å². The third-order valence-electron chi connectivity index (χ3n) is 6.40. The topological polar surface area (TPSA) is 97.2 Å². The van der Waals surface area contributed by atoms with E-state index >= 15 is 0 Å². The predicted octanol–water partition coefficient (Wildman–Crippen LogP) is 5.33. The third-order valence-corrected chi connectivity index (χ3v) is 6.40. The van der Waals surface area contributed by atoms with Gasteiger partial charge in [-0.15, -0.1) is 0 Å². The van der Waals surface area contributed by atoms with Gasteiger partial charge in [0, 0.05) is 38.3 Å². The first kappa shape index (κ1) is 27.4. The van der Waals surface area contributed by atoms with Crippen molar-refractivity contribution in [3.05, 3.63) is 57.9 Å². The van der Waals surface area contributed by atoms with Crippen molar-refractivity contribution in [1.29, 1.82) is 0 Å². The molecule has 2 fully saturated rings. The molecule has 2 aromatic rings. The Balaban J connectivity index is 1.71. The van der Waals surface area contributed by atoms with E-state index in [-0.39, 0.29) is 13.1 Å². The Labute approximate surface area is 216 Å². The molecule has 206 valence electrons. The molecule has 0 saturated carbocycles. The van der Waals surface area contributed by atoms with Crippen LogP contribution in [-0.4, -0.2) is 59.8 Å². The summed E-state index contributed by atoms with van der Waals surface area (Å²) < 4.78 is 68.3. The number of alkyl halides is 3. The number of benzene rings is 2. The molecule has 0 aromatic heterocycles. The van der Waals surface area contributed by atoms with Crippen molar-refractivity contribution < 1.29 is 36.8 Å². The second-order valence-electron chi connectivity index (χ2n) is 10.2. The summed E-state index contributed by atoms with van der Waals surface area (Å²) >= 11 is 0. The highest BCUT2D eigenvalue weighted by atomic mass is 19.4. The first-order chi connectivity index (χ1) is 17.7. The lowest BCUT2D eigenvalue weighted by Gasteiger charge is -2.41. The van der Waals surface area contributed by atoms with E-state index in [4.69, 9.17) is 9.47 Å². The molecular weight excluding hydrogens is 512 g/mol. The van der Waals surface area contributed by atoms with Crippen LogP contribution in [0.3, 0.4) is 0 Å². The first-order valence-electron chi connectivity index (χ1n) is 12.0. The van der Waals surface area contributed by atoms with E-state index in [1.165, 1.54) is 23.1 Å². The van der Waals surface area contributed by atoms with Gasteiger partial charge in [-0.1, -0.05) is 12.1 Å². The molecule has 2 atom stereocenters. The van der Waals surface area contributed by atoms with E-state index in [1.54, 1.807) is 20.8 Å². The Kier molecular flexibility index (Phi) is 7.42. The van der Waals surface area contributed by atoms with Crippen molar-refractivity contribution in [2.75, 3.05) is 31.1 Å². The maximum Gasteiger partial charge on any atom is 0.422 e. The molecule has 0 bridgehead atoms. The highest BCUT2D eigenvalue weighted by molar-refractivity contribution is 5.73. The number of hydrogen-bond donors (Lipinski definition) is 1. The number of alkyl carbamates (subject to hydrolysis) is 1. The quantitative estimate of drug-likeness (QED) is 0.311. The van der Waals surface area contributed by atoms with Gasteiger partial charge in [-0.3, -0.25) is 15.0 Å². The van der Waals surface area contributed by atoms with Gasteiger partial charge < -0.3 is 19.7 Å². The van der Waals surface area contributed by atoms with Gasteiger partial charge in [-0.05, 0) is 45.4 Å². The number of rotatable bonds is 5. The lowest BCUT2D eigenvalue weighted by atomic mass is 10.0. The summed E-state index contributed by atoms with van der Waals surface area (Å²) in [7, 11) is 0. The molecule has 0 radical (unpaired) electrons. The third kappa shape index (κ3) is 5.93. The van der Waals surface area contributed by atoms with Crippen LogP contribution in [0.5, 0.6) is 11.5 Å². The fraction of sp³-hybridized carbons (Fsp3) is 0.480. The number of nitrogens with one attached hydrogen (secondary N) is 1. The van der Waals surface area contributed by atoms with Gasteiger partial charge in [0.15, 0.2) is 11.6 Å². The molecule has 13 heteroatoms. The molecule has 2 saturated heterocycles. The van der Waals surface area contributed by atoms with Crippen LogP contribution in [0.25, 0.3) is 0 Å². The fourth-order valence-electron chi connectivity index (χ4n) is 4.87.